The Morgan fingerprint density at radius 2 is 1.71 bits per heavy atom. The largest absolute Gasteiger partial charge is 0.496 e. The van der Waals surface area contributed by atoms with Crippen molar-refractivity contribution in [3.05, 3.63) is 53.2 Å². The number of carbonyl (C=O) groups excluding carboxylic acids is 1. The number of aromatic nitrogens is 1. The highest BCUT2D eigenvalue weighted by Gasteiger charge is 2.59. The summed E-state index contributed by atoms with van der Waals surface area (Å²) in [6, 6.07) is 8.05. The fourth-order valence-corrected chi connectivity index (χ4v) is 7.00. The maximum atomic E-state index is 14.4. The summed E-state index contributed by atoms with van der Waals surface area (Å²) in [5.41, 5.74) is 2.40. The average molecular weight is 580 g/mol. The zero-order chi connectivity index (χ0) is 30.8. The van der Waals surface area contributed by atoms with E-state index in [0.29, 0.717) is 12.4 Å². The molecule has 1 amide bonds. The molecule has 230 valence electrons. The number of methoxy groups -OCH3 is 2. The molecule has 2 N–H and O–H groups in total. The molecular weight excluding hydrogens is 530 g/mol. The number of pyridine rings is 1. The number of rotatable bonds is 8. The Kier molecular flexibility index (Phi) is 9.55. The first-order valence-corrected chi connectivity index (χ1v) is 15.2. The second kappa shape index (κ2) is 12.6. The van der Waals surface area contributed by atoms with Crippen LogP contribution < -0.4 is 14.8 Å². The van der Waals surface area contributed by atoms with E-state index in [1.54, 1.807) is 25.3 Å². The Labute approximate surface area is 251 Å². The van der Waals surface area contributed by atoms with Crippen LogP contribution in [0.2, 0.25) is 0 Å². The van der Waals surface area contributed by atoms with E-state index in [4.69, 9.17) is 9.47 Å². The molecule has 1 saturated carbocycles. The predicted molar refractivity (Wildman–Crippen MR) is 164 cm³/mol. The lowest BCUT2D eigenvalue weighted by Gasteiger charge is -2.36. The Morgan fingerprint density at radius 1 is 1.02 bits per heavy atom. The van der Waals surface area contributed by atoms with Gasteiger partial charge in [0, 0.05) is 41.7 Å². The number of aliphatic carboxylic acids is 1. The molecule has 1 saturated heterocycles. The number of ether oxygens (including phenoxy) is 2. The molecule has 4 atom stereocenters. The van der Waals surface area contributed by atoms with Crippen LogP contribution in [-0.2, 0) is 21.5 Å². The van der Waals surface area contributed by atoms with Gasteiger partial charge < -0.3 is 24.8 Å². The van der Waals surface area contributed by atoms with Crippen LogP contribution in [0, 0.1) is 17.3 Å². The van der Waals surface area contributed by atoms with E-state index < -0.39 is 29.4 Å². The van der Waals surface area contributed by atoms with Crippen molar-refractivity contribution in [3.8, 4) is 11.6 Å². The summed E-state index contributed by atoms with van der Waals surface area (Å²) in [6.07, 6.45) is 6.30. The Bertz CT molecular complexity index is 1260. The van der Waals surface area contributed by atoms with E-state index in [9.17, 15) is 14.7 Å². The van der Waals surface area contributed by atoms with Gasteiger partial charge in [-0.1, -0.05) is 72.9 Å². The topological polar surface area (TPSA) is 101 Å². The van der Waals surface area contributed by atoms with E-state index >= 15 is 0 Å². The summed E-state index contributed by atoms with van der Waals surface area (Å²) in [4.78, 5) is 33.7. The van der Waals surface area contributed by atoms with Gasteiger partial charge in [0.05, 0.1) is 20.3 Å². The summed E-state index contributed by atoms with van der Waals surface area (Å²) < 4.78 is 11.5. The number of nitrogens with one attached hydrogen (secondary N) is 1. The number of benzene rings is 1. The SMILES string of the molecule is COc1cc(C(C)(C)C)ccc1CN[C@H]1[C@H](C(C)(C)C)[C@@H](C(=O)O)N(C(=O)C2CCCCC2)[C@H]1c1cccnc1OC. The molecule has 1 aliphatic carbocycles. The van der Waals surface area contributed by atoms with Crippen molar-refractivity contribution in [2.75, 3.05) is 14.2 Å². The fraction of sp³-hybridized carbons (Fsp3) is 0.618. The molecule has 0 spiro atoms. The normalized spacial score (nSPS) is 23.6. The highest BCUT2D eigenvalue weighted by molar-refractivity contribution is 5.87. The molecule has 2 aliphatic rings. The van der Waals surface area contributed by atoms with Gasteiger partial charge in [0.2, 0.25) is 11.8 Å². The molecule has 2 fully saturated rings. The number of hydrogen-bond acceptors (Lipinski definition) is 6. The number of carboxylic acids is 1. The first kappa shape index (κ1) is 31.8. The third kappa shape index (κ3) is 6.43. The van der Waals surface area contributed by atoms with Crippen molar-refractivity contribution in [2.24, 2.45) is 17.3 Å². The number of amides is 1. The van der Waals surface area contributed by atoms with E-state index in [2.05, 4.69) is 70.0 Å². The van der Waals surface area contributed by atoms with Gasteiger partial charge in [0.1, 0.15) is 11.8 Å². The number of likely N-dealkylation sites (tertiary alicyclic amines) is 1. The quantitative estimate of drug-likeness (QED) is 0.388. The van der Waals surface area contributed by atoms with Crippen molar-refractivity contribution in [1.29, 1.82) is 0 Å². The van der Waals surface area contributed by atoms with Crippen molar-refractivity contribution in [2.45, 2.75) is 104 Å². The minimum atomic E-state index is -1.00. The second-order valence-electron chi connectivity index (χ2n) is 14.0. The lowest BCUT2D eigenvalue weighted by atomic mass is 9.72. The summed E-state index contributed by atoms with van der Waals surface area (Å²) in [5, 5.41) is 14.5. The average Bonchev–Trinajstić information content (AvgIpc) is 3.31. The third-order valence-electron chi connectivity index (χ3n) is 9.12. The van der Waals surface area contributed by atoms with Gasteiger partial charge in [-0.2, -0.15) is 0 Å². The Balaban J connectivity index is 1.84. The predicted octanol–water partition coefficient (Wildman–Crippen LogP) is 6.13. The van der Waals surface area contributed by atoms with Crippen molar-refractivity contribution < 1.29 is 24.2 Å². The molecule has 4 rings (SSSR count). The molecule has 42 heavy (non-hydrogen) atoms. The molecule has 0 bridgehead atoms. The minimum absolute atomic E-state index is 0.0291. The summed E-state index contributed by atoms with van der Waals surface area (Å²) in [7, 11) is 3.24. The molecule has 0 radical (unpaired) electrons. The van der Waals surface area contributed by atoms with Crippen LogP contribution in [0.15, 0.2) is 36.5 Å². The maximum absolute atomic E-state index is 14.4. The van der Waals surface area contributed by atoms with Crippen molar-refractivity contribution in [1.82, 2.24) is 15.2 Å². The molecule has 8 nitrogen and oxygen atoms in total. The van der Waals surface area contributed by atoms with Gasteiger partial charge in [-0.25, -0.2) is 9.78 Å². The number of carbonyl (C=O) groups is 2. The molecule has 2 heterocycles. The lowest BCUT2D eigenvalue weighted by Crippen LogP contribution is -2.49. The Morgan fingerprint density at radius 3 is 2.29 bits per heavy atom. The molecular formula is C34H49N3O5. The van der Waals surface area contributed by atoms with Crippen LogP contribution in [0.3, 0.4) is 0 Å². The van der Waals surface area contributed by atoms with Crippen LogP contribution in [0.1, 0.15) is 96.4 Å². The van der Waals surface area contributed by atoms with Crippen LogP contribution in [0.5, 0.6) is 11.6 Å². The third-order valence-corrected chi connectivity index (χ3v) is 9.12. The standard InChI is InChI=1S/C34H49N3O5/c1-33(2,3)23-17-16-22(25(19-23)41-7)20-36-27-26(34(4,5)6)29(32(39)40)37(31(38)21-13-10-9-11-14-21)28(27)24-15-12-18-35-30(24)42-8/h12,15-19,21,26-29,36H,9-11,13-14,20H2,1-8H3,(H,39,40)/t26-,27-,28-,29-/m0/s1. The van der Waals surface area contributed by atoms with E-state index in [1.165, 1.54) is 5.56 Å². The molecule has 8 heteroatoms. The summed E-state index contributed by atoms with van der Waals surface area (Å²) in [5.74, 6) is -0.457. The zero-order valence-corrected chi connectivity index (χ0v) is 26.6. The zero-order valence-electron chi connectivity index (χ0n) is 26.6. The minimum Gasteiger partial charge on any atom is -0.496 e. The highest BCUT2D eigenvalue weighted by atomic mass is 16.5. The second-order valence-corrected chi connectivity index (χ2v) is 14.0. The maximum Gasteiger partial charge on any atom is 0.326 e. The molecule has 1 aromatic carbocycles. The van der Waals surface area contributed by atoms with Crippen LogP contribution in [-0.4, -0.2) is 53.2 Å². The van der Waals surface area contributed by atoms with Gasteiger partial charge in [0.15, 0.2) is 0 Å². The smallest absolute Gasteiger partial charge is 0.326 e. The van der Waals surface area contributed by atoms with Crippen molar-refractivity contribution >= 4 is 11.9 Å². The lowest BCUT2D eigenvalue weighted by molar-refractivity contribution is -0.154. The van der Waals surface area contributed by atoms with Crippen molar-refractivity contribution in [3.63, 3.8) is 0 Å². The van der Waals surface area contributed by atoms with Crippen LogP contribution in [0.25, 0.3) is 0 Å². The number of hydrogen-bond donors (Lipinski definition) is 2. The summed E-state index contributed by atoms with van der Waals surface area (Å²) in [6.45, 7) is 13.1. The van der Waals surface area contributed by atoms with E-state index in [-0.39, 0.29) is 23.3 Å². The van der Waals surface area contributed by atoms with Gasteiger partial charge in [0.25, 0.3) is 0 Å². The van der Waals surface area contributed by atoms with Gasteiger partial charge in [-0.05, 0) is 47.4 Å². The monoisotopic (exact) mass is 579 g/mol. The van der Waals surface area contributed by atoms with E-state index in [0.717, 1.165) is 49.0 Å². The summed E-state index contributed by atoms with van der Waals surface area (Å²) >= 11 is 0. The van der Waals surface area contributed by atoms with Gasteiger partial charge in [-0.3, -0.25) is 4.79 Å². The van der Waals surface area contributed by atoms with Gasteiger partial charge >= 0.3 is 5.97 Å². The molecule has 0 unspecified atom stereocenters. The number of nitrogens with zero attached hydrogens (tertiary/aromatic N) is 2. The highest BCUT2D eigenvalue weighted by Crippen LogP contribution is 2.50. The Hall–Kier alpha value is -3.13. The first-order valence-electron chi connectivity index (χ1n) is 15.2. The van der Waals surface area contributed by atoms with E-state index in [1.807, 2.05) is 12.1 Å². The molecule has 1 aromatic heterocycles. The van der Waals surface area contributed by atoms with Gasteiger partial charge in [-0.15, -0.1) is 0 Å². The molecule has 2 aromatic rings. The van der Waals surface area contributed by atoms with Crippen LogP contribution >= 0.6 is 0 Å². The number of carboxylic acid groups (broad SMARTS) is 1. The van der Waals surface area contributed by atoms with Crippen LogP contribution in [0.4, 0.5) is 0 Å². The fourth-order valence-electron chi connectivity index (χ4n) is 7.00. The first-order chi connectivity index (χ1) is 19.8. The molecule has 1 aliphatic heterocycles.